The van der Waals surface area contributed by atoms with E-state index in [0.717, 1.165) is 19.5 Å². The number of hydrogen-bond acceptors (Lipinski definition) is 2. The van der Waals surface area contributed by atoms with Gasteiger partial charge in [-0.25, -0.2) is 0 Å². The summed E-state index contributed by atoms with van der Waals surface area (Å²) < 4.78 is 2.18. The molecule has 1 aromatic rings. The molecule has 0 saturated heterocycles. The van der Waals surface area contributed by atoms with Crippen molar-refractivity contribution in [1.82, 2.24) is 15.1 Å². The first-order valence-corrected chi connectivity index (χ1v) is 9.08. The second-order valence-corrected chi connectivity index (χ2v) is 6.04. The Morgan fingerprint density at radius 3 is 2.48 bits per heavy atom. The van der Waals surface area contributed by atoms with Gasteiger partial charge in [-0.2, -0.15) is 5.10 Å². The molecule has 122 valence electrons. The highest BCUT2D eigenvalue weighted by Gasteiger charge is 2.14. The molecule has 0 aliphatic rings. The Balaban J connectivity index is 2.45. The van der Waals surface area contributed by atoms with Gasteiger partial charge in [-0.15, -0.1) is 0 Å². The van der Waals surface area contributed by atoms with Crippen molar-refractivity contribution < 1.29 is 0 Å². The lowest BCUT2D eigenvalue weighted by molar-refractivity contribution is 0.429. The van der Waals surface area contributed by atoms with Crippen LogP contribution in [0.3, 0.4) is 0 Å². The van der Waals surface area contributed by atoms with Gasteiger partial charge in [-0.05, 0) is 31.9 Å². The molecular formula is C18H35N3. The lowest BCUT2D eigenvalue weighted by Gasteiger charge is -2.20. The molecule has 1 N–H and O–H groups in total. The SMILES string of the molecule is CCCCCCCCC(NCCC)c1ccnn1CCC. The van der Waals surface area contributed by atoms with Crippen molar-refractivity contribution in [2.45, 2.75) is 91.1 Å². The lowest BCUT2D eigenvalue weighted by Crippen LogP contribution is -2.25. The minimum atomic E-state index is 0.477. The van der Waals surface area contributed by atoms with Gasteiger partial charge in [0.1, 0.15) is 0 Å². The van der Waals surface area contributed by atoms with Crippen LogP contribution >= 0.6 is 0 Å². The largest absolute Gasteiger partial charge is 0.309 e. The number of aromatic nitrogens is 2. The highest BCUT2D eigenvalue weighted by molar-refractivity contribution is 5.07. The molecule has 0 aliphatic heterocycles. The van der Waals surface area contributed by atoms with E-state index in [9.17, 15) is 0 Å². The van der Waals surface area contributed by atoms with E-state index in [0.29, 0.717) is 6.04 Å². The molecule has 1 atom stereocenters. The van der Waals surface area contributed by atoms with Crippen molar-refractivity contribution in [3.05, 3.63) is 18.0 Å². The Kier molecular flexibility index (Phi) is 10.2. The Morgan fingerprint density at radius 2 is 1.76 bits per heavy atom. The van der Waals surface area contributed by atoms with Gasteiger partial charge in [0.25, 0.3) is 0 Å². The summed E-state index contributed by atoms with van der Waals surface area (Å²) in [5.41, 5.74) is 1.37. The summed E-state index contributed by atoms with van der Waals surface area (Å²) in [6, 6.07) is 2.67. The number of nitrogens with one attached hydrogen (secondary N) is 1. The number of aryl methyl sites for hydroxylation is 1. The lowest BCUT2D eigenvalue weighted by atomic mass is 10.0. The molecule has 0 bridgehead atoms. The van der Waals surface area contributed by atoms with E-state index in [1.54, 1.807) is 0 Å². The predicted molar refractivity (Wildman–Crippen MR) is 91.5 cm³/mol. The average Bonchev–Trinajstić information content (AvgIpc) is 2.94. The summed E-state index contributed by atoms with van der Waals surface area (Å²) in [5.74, 6) is 0. The number of unbranched alkanes of at least 4 members (excludes halogenated alkanes) is 5. The van der Waals surface area contributed by atoms with E-state index in [-0.39, 0.29) is 0 Å². The maximum Gasteiger partial charge on any atom is 0.0553 e. The fraction of sp³-hybridized carbons (Fsp3) is 0.833. The molecule has 21 heavy (non-hydrogen) atoms. The normalized spacial score (nSPS) is 12.7. The van der Waals surface area contributed by atoms with Crippen LogP contribution in [0.15, 0.2) is 12.3 Å². The molecule has 1 rings (SSSR count). The van der Waals surface area contributed by atoms with Gasteiger partial charge in [0.2, 0.25) is 0 Å². The van der Waals surface area contributed by atoms with Crippen molar-refractivity contribution in [1.29, 1.82) is 0 Å². The van der Waals surface area contributed by atoms with Crippen molar-refractivity contribution in [2.24, 2.45) is 0 Å². The molecule has 0 aromatic carbocycles. The van der Waals surface area contributed by atoms with Crippen LogP contribution in [0.2, 0.25) is 0 Å². The molecule has 3 nitrogen and oxygen atoms in total. The first-order valence-electron chi connectivity index (χ1n) is 9.08. The Hall–Kier alpha value is -0.830. The predicted octanol–water partition coefficient (Wildman–Crippen LogP) is 5.08. The van der Waals surface area contributed by atoms with E-state index in [1.807, 2.05) is 6.20 Å². The van der Waals surface area contributed by atoms with Crippen LogP contribution in [-0.2, 0) is 6.54 Å². The zero-order valence-electron chi connectivity index (χ0n) is 14.4. The smallest absolute Gasteiger partial charge is 0.0553 e. The second kappa shape index (κ2) is 11.8. The Labute approximate surface area is 131 Å². The molecule has 0 spiro atoms. The van der Waals surface area contributed by atoms with Crippen LogP contribution < -0.4 is 5.32 Å². The number of nitrogens with zero attached hydrogens (tertiary/aromatic N) is 2. The monoisotopic (exact) mass is 293 g/mol. The standard InChI is InChI=1S/C18H35N3/c1-4-7-8-9-10-11-12-17(19-14-5-2)18-13-15-20-21(18)16-6-3/h13,15,17,19H,4-12,14,16H2,1-3H3. The minimum Gasteiger partial charge on any atom is -0.309 e. The number of hydrogen-bond donors (Lipinski definition) is 1. The zero-order valence-corrected chi connectivity index (χ0v) is 14.4. The molecule has 0 fully saturated rings. The molecule has 0 saturated carbocycles. The van der Waals surface area contributed by atoms with E-state index in [4.69, 9.17) is 0 Å². The maximum atomic E-state index is 4.48. The Bertz CT molecular complexity index is 346. The molecule has 1 aromatic heterocycles. The number of rotatable bonds is 13. The van der Waals surface area contributed by atoms with Gasteiger partial charge in [-0.1, -0.05) is 59.3 Å². The van der Waals surface area contributed by atoms with Crippen LogP contribution in [0.1, 0.15) is 90.3 Å². The van der Waals surface area contributed by atoms with Crippen molar-refractivity contribution in [3.63, 3.8) is 0 Å². The topological polar surface area (TPSA) is 29.9 Å². The molecule has 0 amide bonds. The fourth-order valence-corrected chi connectivity index (χ4v) is 2.84. The molecule has 1 unspecified atom stereocenters. The van der Waals surface area contributed by atoms with E-state index in [1.165, 1.54) is 57.1 Å². The van der Waals surface area contributed by atoms with Gasteiger partial charge in [-0.3, -0.25) is 4.68 Å². The fourth-order valence-electron chi connectivity index (χ4n) is 2.84. The van der Waals surface area contributed by atoms with Crippen LogP contribution in [0.4, 0.5) is 0 Å². The average molecular weight is 293 g/mol. The third-order valence-corrected chi connectivity index (χ3v) is 4.03. The molecular weight excluding hydrogens is 258 g/mol. The highest BCUT2D eigenvalue weighted by Crippen LogP contribution is 2.21. The molecule has 0 aliphatic carbocycles. The summed E-state index contributed by atoms with van der Waals surface area (Å²) in [4.78, 5) is 0. The second-order valence-electron chi connectivity index (χ2n) is 6.04. The van der Waals surface area contributed by atoms with E-state index < -0.39 is 0 Å². The van der Waals surface area contributed by atoms with Crippen LogP contribution in [0.5, 0.6) is 0 Å². The molecule has 1 heterocycles. The Morgan fingerprint density at radius 1 is 1.00 bits per heavy atom. The summed E-state index contributed by atoms with van der Waals surface area (Å²) in [6.07, 6.45) is 13.7. The van der Waals surface area contributed by atoms with E-state index in [2.05, 4.69) is 41.9 Å². The zero-order chi connectivity index (χ0) is 15.3. The molecule has 3 heteroatoms. The van der Waals surface area contributed by atoms with E-state index >= 15 is 0 Å². The first-order chi connectivity index (χ1) is 10.3. The third kappa shape index (κ3) is 7.12. The van der Waals surface area contributed by atoms with Gasteiger partial charge >= 0.3 is 0 Å². The summed E-state index contributed by atoms with van der Waals surface area (Å²) in [5, 5.41) is 8.19. The van der Waals surface area contributed by atoms with Gasteiger partial charge in [0, 0.05) is 18.8 Å². The van der Waals surface area contributed by atoms with Crippen molar-refractivity contribution in [2.75, 3.05) is 6.54 Å². The summed E-state index contributed by atoms with van der Waals surface area (Å²) in [6.45, 7) is 8.85. The quantitative estimate of drug-likeness (QED) is 0.514. The van der Waals surface area contributed by atoms with Gasteiger partial charge < -0.3 is 5.32 Å². The van der Waals surface area contributed by atoms with Gasteiger partial charge in [0.05, 0.1) is 5.69 Å². The summed E-state index contributed by atoms with van der Waals surface area (Å²) >= 11 is 0. The van der Waals surface area contributed by atoms with Crippen LogP contribution in [0, 0.1) is 0 Å². The van der Waals surface area contributed by atoms with Crippen molar-refractivity contribution >= 4 is 0 Å². The third-order valence-electron chi connectivity index (χ3n) is 4.03. The highest BCUT2D eigenvalue weighted by atomic mass is 15.3. The van der Waals surface area contributed by atoms with Crippen molar-refractivity contribution in [3.8, 4) is 0 Å². The van der Waals surface area contributed by atoms with Gasteiger partial charge in [0.15, 0.2) is 0 Å². The first kappa shape index (κ1) is 18.2. The minimum absolute atomic E-state index is 0.477. The van der Waals surface area contributed by atoms with Crippen LogP contribution in [0.25, 0.3) is 0 Å². The maximum absolute atomic E-state index is 4.48. The summed E-state index contributed by atoms with van der Waals surface area (Å²) in [7, 11) is 0. The molecule has 0 radical (unpaired) electrons. The van der Waals surface area contributed by atoms with Crippen LogP contribution in [-0.4, -0.2) is 16.3 Å².